The molecular formula is C31H22N2. The van der Waals surface area contributed by atoms with Crippen molar-refractivity contribution in [3.05, 3.63) is 121 Å². The Bertz CT molecular complexity index is 1560. The maximum Gasteiger partial charge on any atom is 0.0893 e. The molecule has 0 aliphatic heterocycles. The molecule has 0 spiro atoms. The Balaban J connectivity index is 1.56. The average Bonchev–Trinajstić information content (AvgIpc) is 2.90. The molecule has 156 valence electrons. The van der Waals surface area contributed by atoms with Crippen molar-refractivity contribution in [2.75, 3.05) is 0 Å². The third-order valence-corrected chi connectivity index (χ3v) is 6.32. The molecule has 0 N–H and O–H groups in total. The van der Waals surface area contributed by atoms with Crippen LogP contribution in [0.2, 0.25) is 0 Å². The Morgan fingerprint density at radius 3 is 1.76 bits per heavy atom. The molecule has 6 aromatic rings. The highest BCUT2D eigenvalue weighted by atomic mass is 14.8. The van der Waals surface area contributed by atoms with Gasteiger partial charge >= 0.3 is 0 Å². The lowest BCUT2D eigenvalue weighted by Gasteiger charge is -2.16. The number of aryl methyl sites for hydroxylation is 1. The van der Waals surface area contributed by atoms with E-state index in [-0.39, 0.29) is 0 Å². The minimum Gasteiger partial charge on any atom is -0.255 e. The molecule has 0 atom stereocenters. The quantitative estimate of drug-likeness (QED) is 0.269. The molecule has 2 aromatic heterocycles. The van der Waals surface area contributed by atoms with Crippen molar-refractivity contribution >= 4 is 21.5 Å². The lowest BCUT2D eigenvalue weighted by atomic mass is 9.88. The smallest absolute Gasteiger partial charge is 0.0893 e. The van der Waals surface area contributed by atoms with Gasteiger partial charge in [-0.3, -0.25) is 4.98 Å². The molecule has 4 aromatic carbocycles. The van der Waals surface area contributed by atoms with E-state index in [0.29, 0.717) is 0 Å². The van der Waals surface area contributed by atoms with Gasteiger partial charge in [0.25, 0.3) is 0 Å². The number of nitrogens with zero attached hydrogens (tertiary/aromatic N) is 2. The highest BCUT2D eigenvalue weighted by Gasteiger charge is 2.14. The number of fused-ring (bicyclic) bond motifs is 2. The van der Waals surface area contributed by atoms with Gasteiger partial charge in [0.2, 0.25) is 0 Å². The van der Waals surface area contributed by atoms with E-state index in [4.69, 9.17) is 4.98 Å². The van der Waals surface area contributed by atoms with Crippen LogP contribution in [-0.4, -0.2) is 9.97 Å². The second kappa shape index (κ2) is 7.99. The lowest BCUT2D eigenvalue weighted by molar-refractivity contribution is 1.25. The Kier molecular flexibility index (Phi) is 4.70. The number of hydrogen-bond donors (Lipinski definition) is 0. The first-order valence-corrected chi connectivity index (χ1v) is 11.2. The van der Waals surface area contributed by atoms with Gasteiger partial charge < -0.3 is 0 Å². The summed E-state index contributed by atoms with van der Waals surface area (Å²) in [6.45, 7) is 2.22. The Labute approximate surface area is 193 Å². The summed E-state index contributed by atoms with van der Waals surface area (Å²) in [7, 11) is 0. The van der Waals surface area contributed by atoms with Crippen LogP contribution in [0.25, 0.3) is 55.3 Å². The van der Waals surface area contributed by atoms with Crippen molar-refractivity contribution in [1.29, 1.82) is 0 Å². The molecule has 2 nitrogen and oxygen atoms in total. The number of aromatic nitrogens is 2. The monoisotopic (exact) mass is 422 g/mol. The molecule has 0 bridgehead atoms. The van der Waals surface area contributed by atoms with Gasteiger partial charge in [-0.1, -0.05) is 78.9 Å². The van der Waals surface area contributed by atoms with Crippen LogP contribution in [0, 0.1) is 6.92 Å². The maximum absolute atomic E-state index is 4.92. The Morgan fingerprint density at radius 2 is 1.06 bits per heavy atom. The van der Waals surface area contributed by atoms with Crippen LogP contribution in [-0.2, 0) is 0 Å². The van der Waals surface area contributed by atoms with E-state index in [9.17, 15) is 0 Å². The van der Waals surface area contributed by atoms with Gasteiger partial charge in [0.05, 0.1) is 17.1 Å². The zero-order valence-corrected chi connectivity index (χ0v) is 18.4. The summed E-state index contributed by atoms with van der Waals surface area (Å²) in [5, 5.41) is 5.15. The molecule has 2 heteroatoms. The zero-order chi connectivity index (χ0) is 22.2. The topological polar surface area (TPSA) is 25.8 Å². The van der Waals surface area contributed by atoms with Crippen molar-refractivity contribution < 1.29 is 0 Å². The largest absolute Gasteiger partial charge is 0.255 e. The van der Waals surface area contributed by atoms with Crippen LogP contribution in [0.15, 0.2) is 115 Å². The van der Waals surface area contributed by atoms with Crippen molar-refractivity contribution in [1.82, 2.24) is 9.97 Å². The van der Waals surface area contributed by atoms with Crippen LogP contribution in [0.3, 0.4) is 0 Å². The molecule has 0 aliphatic carbocycles. The molecule has 6 rings (SSSR count). The fraction of sp³-hybridized carbons (Fsp3) is 0.0323. The van der Waals surface area contributed by atoms with E-state index in [1.807, 2.05) is 24.3 Å². The highest BCUT2D eigenvalue weighted by molar-refractivity contribution is 6.15. The molecule has 0 amide bonds. The molecule has 0 unspecified atom stereocenters. The van der Waals surface area contributed by atoms with E-state index in [2.05, 4.69) is 96.8 Å². The Morgan fingerprint density at radius 1 is 0.485 bits per heavy atom. The molecule has 2 heterocycles. The van der Waals surface area contributed by atoms with Crippen LogP contribution in [0.5, 0.6) is 0 Å². The molecule has 0 saturated carbocycles. The maximum atomic E-state index is 4.92. The van der Waals surface area contributed by atoms with Crippen LogP contribution in [0.4, 0.5) is 0 Å². The fourth-order valence-corrected chi connectivity index (χ4v) is 4.74. The van der Waals surface area contributed by atoms with Crippen molar-refractivity contribution in [3.63, 3.8) is 0 Å². The zero-order valence-electron chi connectivity index (χ0n) is 18.4. The highest BCUT2D eigenvalue weighted by Crippen LogP contribution is 2.39. The Hall–Kier alpha value is -4.30. The van der Waals surface area contributed by atoms with E-state index in [0.717, 1.165) is 22.6 Å². The van der Waals surface area contributed by atoms with Gasteiger partial charge in [-0.05, 0) is 75.5 Å². The van der Waals surface area contributed by atoms with Gasteiger partial charge in [-0.25, -0.2) is 4.98 Å². The van der Waals surface area contributed by atoms with Crippen molar-refractivity contribution in [2.24, 2.45) is 0 Å². The number of benzene rings is 4. The molecule has 0 saturated heterocycles. The summed E-state index contributed by atoms with van der Waals surface area (Å²) >= 11 is 0. The third-order valence-electron chi connectivity index (χ3n) is 6.32. The van der Waals surface area contributed by atoms with Crippen molar-refractivity contribution in [3.8, 4) is 33.8 Å². The summed E-state index contributed by atoms with van der Waals surface area (Å²) in [4.78, 5) is 9.39. The lowest BCUT2D eigenvalue weighted by Crippen LogP contribution is -1.92. The van der Waals surface area contributed by atoms with Gasteiger partial charge in [-0.15, -0.1) is 0 Å². The van der Waals surface area contributed by atoms with Gasteiger partial charge in [0.15, 0.2) is 0 Å². The predicted octanol–water partition coefficient (Wildman–Crippen LogP) is 8.09. The molecule has 33 heavy (non-hydrogen) atoms. The summed E-state index contributed by atoms with van der Waals surface area (Å²) in [6.07, 6.45) is 1.80. The summed E-state index contributed by atoms with van der Waals surface area (Å²) in [5.74, 6) is 0. The van der Waals surface area contributed by atoms with Gasteiger partial charge in [0.1, 0.15) is 0 Å². The SMILES string of the molecule is Cc1c2ccccc2c(-c2cccc(-c3cccc(-c4ccccn4)n3)c2)c2ccccc12. The first-order valence-electron chi connectivity index (χ1n) is 11.2. The van der Waals surface area contributed by atoms with Crippen LogP contribution < -0.4 is 0 Å². The van der Waals surface area contributed by atoms with Gasteiger partial charge in [-0.2, -0.15) is 0 Å². The van der Waals surface area contributed by atoms with E-state index in [1.54, 1.807) is 6.20 Å². The minimum atomic E-state index is 0.879. The minimum absolute atomic E-state index is 0.879. The number of pyridine rings is 2. The molecule has 0 fully saturated rings. The first-order chi connectivity index (χ1) is 16.3. The first kappa shape index (κ1) is 19.4. The second-order valence-corrected chi connectivity index (χ2v) is 8.30. The normalized spacial score (nSPS) is 11.2. The third kappa shape index (κ3) is 3.37. The van der Waals surface area contributed by atoms with Crippen LogP contribution >= 0.6 is 0 Å². The summed E-state index contributed by atoms with van der Waals surface area (Å²) < 4.78 is 0. The predicted molar refractivity (Wildman–Crippen MR) is 138 cm³/mol. The summed E-state index contributed by atoms with van der Waals surface area (Å²) in [5.41, 5.74) is 7.60. The van der Waals surface area contributed by atoms with Crippen LogP contribution in [0.1, 0.15) is 5.56 Å². The van der Waals surface area contributed by atoms with E-state index < -0.39 is 0 Å². The summed E-state index contributed by atoms with van der Waals surface area (Å²) in [6, 6.07) is 38.2. The number of hydrogen-bond acceptors (Lipinski definition) is 2. The van der Waals surface area contributed by atoms with Crippen molar-refractivity contribution in [2.45, 2.75) is 6.92 Å². The molecule has 0 radical (unpaired) electrons. The fourth-order valence-electron chi connectivity index (χ4n) is 4.74. The average molecular weight is 423 g/mol. The van der Waals surface area contributed by atoms with E-state index >= 15 is 0 Å². The van der Waals surface area contributed by atoms with Gasteiger partial charge in [0, 0.05) is 11.8 Å². The standard InChI is InChI=1S/C31H22N2/c1-21-24-12-2-4-14-26(24)31(27-15-5-3-13-25(21)27)23-11-8-10-22(20-23)28-17-9-18-30(33-28)29-16-6-7-19-32-29/h2-20H,1H3. The number of rotatable bonds is 3. The van der Waals surface area contributed by atoms with E-state index in [1.165, 1.54) is 38.2 Å². The molecule has 0 aliphatic rings. The molecular weight excluding hydrogens is 400 g/mol. The second-order valence-electron chi connectivity index (χ2n) is 8.30.